The van der Waals surface area contributed by atoms with Gasteiger partial charge in [0.25, 0.3) is 0 Å². The van der Waals surface area contributed by atoms with E-state index in [1.54, 1.807) is 6.92 Å². The number of ether oxygens (including phenoxy) is 1. The molecule has 0 atom stereocenters. The zero-order valence-corrected chi connectivity index (χ0v) is 10.9. The van der Waals surface area contributed by atoms with Crippen LogP contribution in [0.4, 0.5) is 0 Å². The number of carbonyl (C=O) groups is 1. The van der Waals surface area contributed by atoms with Gasteiger partial charge in [-0.25, -0.2) is 4.79 Å². The van der Waals surface area contributed by atoms with Crippen molar-refractivity contribution in [2.24, 2.45) is 0 Å². The van der Waals surface area contributed by atoms with Crippen molar-refractivity contribution in [2.45, 2.75) is 6.92 Å². The molecule has 0 bridgehead atoms. The van der Waals surface area contributed by atoms with Crippen LogP contribution >= 0.6 is 11.6 Å². The average Bonchev–Trinajstić information content (AvgIpc) is 2.84. The molecular weight excluding hydrogens is 274 g/mol. The van der Waals surface area contributed by atoms with Crippen LogP contribution in [0.15, 0.2) is 16.7 Å². The first-order valence-electron chi connectivity index (χ1n) is 5.22. The van der Waals surface area contributed by atoms with E-state index < -0.39 is 5.97 Å². The lowest BCUT2D eigenvalue weighted by Gasteiger charge is -2.11. The summed E-state index contributed by atoms with van der Waals surface area (Å²) in [6.45, 7) is 1.69. The molecule has 0 amide bonds. The van der Waals surface area contributed by atoms with E-state index in [1.807, 2.05) is 0 Å². The Kier molecular flexibility index (Phi) is 3.35. The first-order chi connectivity index (χ1) is 8.95. The number of benzene rings is 1. The van der Waals surface area contributed by atoms with E-state index in [2.05, 4.69) is 9.68 Å². The number of aromatic nitrogens is 1. The summed E-state index contributed by atoms with van der Waals surface area (Å²) in [4.78, 5) is 10.7. The molecule has 0 aliphatic heterocycles. The van der Waals surface area contributed by atoms with Gasteiger partial charge in [0, 0.05) is 16.7 Å². The second-order valence-electron chi connectivity index (χ2n) is 3.79. The number of aromatic hydroxyl groups is 1. The fourth-order valence-electron chi connectivity index (χ4n) is 1.66. The van der Waals surface area contributed by atoms with Gasteiger partial charge in [-0.2, -0.15) is 0 Å². The number of phenolic OH excluding ortho intramolecular Hbond substituents is 1. The number of methoxy groups -OCH3 is 1. The highest BCUT2D eigenvalue weighted by Gasteiger charge is 2.20. The van der Waals surface area contributed by atoms with Crippen molar-refractivity contribution < 1.29 is 24.3 Å². The van der Waals surface area contributed by atoms with Crippen molar-refractivity contribution in [1.29, 1.82) is 0 Å². The lowest BCUT2D eigenvalue weighted by molar-refractivity contribution is 0.0652. The molecule has 1 aromatic heterocycles. The van der Waals surface area contributed by atoms with E-state index in [-0.39, 0.29) is 28.5 Å². The number of hydrogen-bond acceptors (Lipinski definition) is 5. The average molecular weight is 284 g/mol. The molecule has 6 nitrogen and oxygen atoms in total. The standard InChI is InChI=1S/C12H10ClNO5/c1-5-7(13)3-6(10(15)11(5)18-2)8-4-9(12(16)17)19-14-8/h3-4,15H,1-2H3,(H,16,17). The largest absolute Gasteiger partial charge is 0.504 e. The Morgan fingerprint density at radius 3 is 2.68 bits per heavy atom. The van der Waals surface area contributed by atoms with Gasteiger partial charge < -0.3 is 19.5 Å². The number of nitrogens with zero attached hydrogens (tertiary/aromatic N) is 1. The van der Waals surface area contributed by atoms with Crippen LogP contribution < -0.4 is 4.74 Å². The Morgan fingerprint density at radius 1 is 1.47 bits per heavy atom. The number of carboxylic acids is 1. The number of aromatic carboxylic acids is 1. The van der Waals surface area contributed by atoms with Crippen molar-refractivity contribution in [3.63, 3.8) is 0 Å². The predicted octanol–water partition coefficient (Wildman–Crippen LogP) is 2.72. The van der Waals surface area contributed by atoms with E-state index in [1.165, 1.54) is 19.2 Å². The van der Waals surface area contributed by atoms with E-state index in [0.29, 0.717) is 10.6 Å². The fourth-order valence-corrected chi connectivity index (χ4v) is 1.85. The number of phenols is 1. The highest BCUT2D eigenvalue weighted by molar-refractivity contribution is 6.32. The van der Waals surface area contributed by atoms with Crippen LogP contribution in [0.2, 0.25) is 5.02 Å². The van der Waals surface area contributed by atoms with E-state index >= 15 is 0 Å². The van der Waals surface area contributed by atoms with E-state index in [0.717, 1.165) is 0 Å². The van der Waals surface area contributed by atoms with Crippen LogP contribution in [-0.2, 0) is 0 Å². The summed E-state index contributed by atoms with van der Waals surface area (Å²) in [5.74, 6) is -1.54. The first kappa shape index (κ1) is 13.2. The van der Waals surface area contributed by atoms with Gasteiger partial charge in [-0.15, -0.1) is 0 Å². The second-order valence-corrected chi connectivity index (χ2v) is 4.20. The summed E-state index contributed by atoms with van der Waals surface area (Å²) >= 11 is 6.02. The fraction of sp³-hybridized carbons (Fsp3) is 0.167. The zero-order chi connectivity index (χ0) is 14.2. The van der Waals surface area contributed by atoms with Gasteiger partial charge in [-0.1, -0.05) is 16.8 Å². The summed E-state index contributed by atoms with van der Waals surface area (Å²) in [5, 5.41) is 22.8. The Balaban J connectivity index is 2.61. The van der Waals surface area contributed by atoms with Crippen molar-refractivity contribution in [3.05, 3.63) is 28.5 Å². The van der Waals surface area contributed by atoms with Gasteiger partial charge in [-0.05, 0) is 13.0 Å². The Bertz CT molecular complexity index is 650. The smallest absolute Gasteiger partial charge is 0.374 e. The molecule has 0 spiro atoms. The van der Waals surface area contributed by atoms with Gasteiger partial charge >= 0.3 is 5.97 Å². The molecule has 0 saturated heterocycles. The third-order valence-corrected chi connectivity index (χ3v) is 3.03. The maximum Gasteiger partial charge on any atom is 0.374 e. The molecule has 0 saturated carbocycles. The number of hydrogen-bond donors (Lipinski definition) is 2. The van der Waals surface area contributed by atoms with Gasteiger partial charge in [0.05, 0.1) is 12.7 Å². The minimum Gasteiger partial charge on any atom is -0.504 e. The summed E-state index contributed by atoms with van der Waals surface area (Å²) in [6.07, 6.45) is 0. The molecule has 19 heavy (non-hydrogen) atoms. The van der Waals surface area contributed by atoms with Crippen LogP contribution in [0.5, 0.6) is 11.5 Å². The molecule has 1 heterocycles. The molecule has 0 aliphatic rings. The van der Waals surface area contributed by atoms with Crippen LogP contribution in [0, 0.1) is 6.92 Å². The molecule has 2 N–H and O–H groups in total. The Hall–Kier alpha value is -2.21. The predicted molar refractivity (Wildman–Crippen MR) is 66.9 cm³/mol. The highest BCUT2D eigenvalue weighted by Crippen LogP contribution is 2.42. The van der Waals surface area contributed by atoms with Gasteiger partial charge in [0.1, 0.15) is 5.69 Å². The molecule has 0 radical (unpaired) electrons. The van der Waals surface area contributed by atoms with Crippen molar-refractivity contribution in [2.75, 3.05) is 7.11 Å². The Morgan fingerprint density at radius 2 is 2.16 bits per heavy atom. The van der Waals surface area contributed by atoms with Crippen molar-refractivity contribution >= 4 is 17.6 Å². The molecule has 2 rings (SSSR count). The number of rotatable bonds is 3. The molecular formula is C12H10ClNO5. The zero-order valence-electron chi connectivity index (χ0n) is 10.1. The quantitative estimate of drug-likeness (QED) is 0.899. The van der Waals surface area contributed by atoms with Gasteiger partial charge in [-0.3, -0.25) is 0 Å². The third-order valence-electron chi connectivity index (χ3n) is 2.64. The molecule has 7 heteroatoms. The molecule has 100 valence electrons. The number of halogens is 1. The van der Waals surface area contributed by atoms with Gasteiger partial charge in [0.15, 0.2) is 11.5 Å². The minimum atomic E-state index is -1.25. The topological polar surface area (TPSA) is 92.8 Å². The SMILES string of the molecule is COc1c(C)c(Cl)cc(-c2cc(C(=O)O)on2)c1O. The van der Waals surface area contributed by atoms with E-state index in [4.69, 9.17) is 21.4 Å². The van der Waals surface area contributed by atoms with Crippen LogP contribution in [0.25, 0.3) is 11.3 Å². The van der Waals surface area contributed by atoms with E-state index in [9.17, 15) is 9.90 Å². The van der Waals surface area contributed by atoms with Crippen molar-refractivity contribution in [1.82, 2.24) is 5.16 Å². The summed E-state index contributed by atoms with van der Waals surface area (Å²) < 4.78 is 9.70. The normalized spacial score (nSPS) is 10.5. The monoisotopic (exact) mass is 283 g/mol. The van der Waals surface area contributed by atoms with Gasteiger partial charge in [0.2, 0.25) is 5.76 Å². The summed E-state index contributed by atoms with van der Waals surface area (Å²) in [5.41, 5.74) is 0.978. The molecule has 0 aliphatic carbocycles. The summed E-state index contributed by atoms with van der Waals surface area (Å²) in [6, 6.07) is 2.67. The lowest BCUT2D eigenvalue weighted by Crippen LogP contribution is -1.92. The van der Waals surface area contributed by atoms with Crippen LogP contribution in [0.3, 0.4) is 0 Å². The Labute approximate surface area is 113 Å². The molecule has 1 aromatic carbocycles. The maximum atomic E-state index is 10.7. The molecule has 0 fully saturated rings. The minimum absolute atomic E-state index is 0.162. The lowest BCUT2D eigenvalue weighted by atomic mass is 10.1. The van der Waals surface area contributed by atoms with Crippen LogP contribution in [-0.4, -0.2) is 28.4 Å². The second kappa shape index (κ2) is 4.81. The first-order valence-corrected chi connectivity index (χ1v) is 5.60. The third kappa shape index (κ3) is 2.22. The summed E-state index contributed by atoms with van der Waals surface area (Å²) in [7, 11) is 1.40. The van der Waals surface area contributed by atoms with Crippen LogP contribution in [0.1, 0.15) is 16.1 Å². The highest BCUT2D eigenvalue weighted by atomic mass is 35.5. The maximum absolute atomic E-state index is 10.7. The molecule has 2 aromatic rings. The molecule has 0 unspecified atom stereocenters. The van der Waals surface area contributed by atoms with Crippen molar-refractivity contribution in [3.8, 4) is 22.8 Å². The number of carboxylic acid groups (broad SMARTS) is 1.